The van der Waals surface area contributed by atoms with Gasteiger partial charge in [0.15, 0.2) is 0 Å². The zero-order valence-corrected chi connectivity index (χ0v) is 10.0. The number of nitrogens with one attached hydrogen (secondary N) is 1. The van der Waals surface area contributed by atoms with Crippen molar-refractivity contribution in [2.45, 2.75) is 12.8 Å². The third-order valence-corrected chi connectivity index (χ3v) is 2.22. The molecule has 0 aliphatic carbocycles. The highest BCUT2D eigenvalue weighted by molar-refractivity contribution is 5.90. The maximum atomic E-state index is 13.0. The highest BCUT2D eigenvalue weighted by Gasteiger charge is 2.09. The third kappa shape index (κ3) is 4.40. The number of nitrogen functional groups attached to an aromatic ring is 1. The van der Waals surface area contributed by atoms with Crippen LogP contribution in [0.25, 0.3) is 0 Å². The molecule has 0 radical (unpaired) electrons. The Morgan fingerprint density at radius 2 is 2.11 bits per heavy atom. The fourth-order valence-electron chi connectivity index (χ4n) is 1.34. The van der Waals surface area contributed by atoms with Gasteiger partial charge in [-0.2, -0.15) is 0 Å². The average Bonchev–Trinajstić information content (AvgIpc) is 2.32. The second kappa shape index (κ2) is 6.58. The van der Waals surface area contributed by atoms with Crippen molar-refractivity contribution < 1.29 is 18.7 Å². The van der Waals surface area contributed by atoms with E-state index in [0.29, 0.717) is 6.42 Å². The number of esters is 1. The van der Waals surface area contributed by atoms with E-state index in [9.17, 15) is 14.0 Å². The fraction of sp³-hybridized carbons (Fsp3) is 0.333. The van der Waals surface area contributed by atoms with E-state index >= 15 is 0 Å². The summed E-state index contributed by atoms with van der Waals surface area (Å²) >= 11 is 0. The zero-order valence-electron chi connectivity index (χ0n) is 10.0. The Kier molecular flexibility index (Phi) is 5.10. The Morgan fingerprint density at radius 3 is 2.72 bits per heavy atom. The molecular weight excluding hydrogens is 239 g/mol. The largest absolute Gasteiger partial charge is 0.462 e. The van der Waals surface area contributed by atoms with Crippen molar-refractivity contribution in [2.75, 3.05) is 19.4 Å². The number of hydrogen-bond donors (Lipinski definition) is 2. The van der Waals surface area contributed by atoms with Crippen LogP contribution in [0.3, 0.4) is 0 Å². The van der Waals surface area contributed by atoms with Crippen LogP contribution in [0.15, 0.2) is 18.2 Å². The van der Waals surface area contributed by atoms with E-state index in [1.165, 1.54) is 13.1 Å². The van der Waals surface area contributed by atoms with Crippen LogP contribution in [0.2, 0.25) is 0 Å². The quantitative estimate of drug-likeness (QED) is 0.468. The smallest absolute Gasteiger partial charge is 0.338 e. The first kappa shape index (κ1) is 14.0. The minimum Gasteiger partial charge on any atom is -0.462 e. The van der Waals surface area contributed by atoms with Crippen molar-refractivity contribution in [1.29, 1.82) is 0 Å². The maximum absolute atomic E-state index is 13.0. The Labute approximate surface area is 104 Å². The molecule has 98 valence electrons. The standard InChI is InChI=1S/C12H15FN2O3/c1-15-11(16)3-2-4-18-12(17)8-5-9(13)7-10(14)6-8/h5-7H,2-4,14H2,1H3,(H,15,16). The van der Waals surface area contributed by atoms with Gasteiger partial charge < -0.3 is 15.8 Å². The summed E-state index contributed by atoms with van der Waals surface area (Å²) in [6, 6.07) is 3.50. The number of benzene rings is 1. The second-order valence-electron chi connectivity index (χ2n) is 3.69. The van der Waals surface area contributed by atoms with Crippen LogP contribution in [0.5, 0.6) is 0 Å². The molecule has 0 heterocycles. The molecule has 0 saturated carbocycles. The van der Waals surface area contributed by atoms with Crippen molar-refractivity contribution in [3.8, 4) is 0 Å². The van der Waals surface area contributed by atoms with Crippen molar-refractivity contribution in [3.05, 3.63) is 29.6 Å². The fourth-order valence-corrected chi connectivity index (χ4v) is 1.34. The maximum Gasteiger partial charge on any atom is 0.338 e. The van der Waals surface area contributed by atoms with E-state index in [-0.39, 0.29) is 30.2 Å². The summed E-state index contributed by atoms with van der Waals surface area (Å²) in [5, 5.41) is 2.45. The summed E-state index contributed by atoms with van der Waals surface area (Å²) in [6.45, 7) is 0.0999. The van der Waals surface area contributed by atoms with Gasteiger partial charge in [-0.3, -0.25) is 4.79 Å². The van der Waals surface area contributed by atoms with Crippen molar-refractivity contribution >= 4 is 17.6 Å². The second-order valence-corrected chi connectivity index (χ2v) is 3.69. The summed E-state index contributed by atoms with van der Waals surface area (Å²) in [7, 11) is 1.53. The molecule has 0 fully saturated rings. The van der Waals surface area contributed by atoms with Gasteiger partial charge in [-0.1, -0.05) is 0 Å². The SMILES string of the molecule is CNC(=O)CCCOC(=O)c1cc(N)cc(F)c1. The van der Waals surface area contributed by atoms with Crippen LogP contribution >= 0.6 is 0 Å². The van der Waals surface area contributed by atoms with Crippen molar-refractivity contribution in [2.24, 2.45) is 0 Å². The Balaban J connectivity index is 2.43. The molecule has 1 rings (SSSR count). The van der Waals surface area contributed by atoms with Gasteiger partial charge in [0.1, 0.15) is 5.82 Å². The van der Waals surface area contributed by atoms with E-state index in [4.69, 9.17) is 10.5 Å². The first-order chi connectivity index (χ1) is 8.52. The van der Waals surface area contributed by atoms with E-state index in [1.807, 2.05) is 0 Å². The minimum absolute atomic E-state index is 0.0624. The molecule has 18 heavy (non-hydrogen) atoms. The summed E-state index contributed by atoms with van der Waals surface area (Å²) in [5.74, 6) is -1.37. The first-order valence-corrected chi connectivity index (χ1v) is 5.46. The van der Waals surface area contributed by atoms with Crippen LogP contribution in [0.1, 0.15) is 23.2 Å². The van der Waals surface area contributed by atoms with Gasteiger partial charge in [0.25, 0.3) is 0 Å². The van der Waals surface area contributed by atoms with Gasteiger partial charge >= 0.3 is 5.97 Å². The molecule has 0 saturated heterocycles. The lowest BCUT2D eigenvalue weighted by atomic mass is 10.2. The van der Waals surface area contributed by atoms with Gasteiger partial charge in [0, 0.05) is 19.2 Å². The van der Waals surface area contributed by atoms with Crippen LogP contribution in [0, 0.1) is 5.82 Å². The van der Waals surface area contributed by atoms with Crippen LogP contribution < -0.4 is 11.1 Å². The minimum atomic E-state index is -0.655. The molecule has 0 atom stereocenters. The Bertz CT molecular complexity index is 429. The van der Waals surface area contributed by atoms with Crippen LogP contribution in [-0.4, -0.2) is 25.5 Å². The lowest BCUT2D eigenvalue weighted by Crippen LogP contribution is -2.18. The summed E-state index contributed by atoms with van der Waals surface area (Å²) < 4.78 is 17.9. The number of ether oxygens (including phenoxy) is 1. The molecule has 5 nitrogen and oxygen atoms in total. The number of anilines is 1. The van der Waals surface area contributed by atoms with Crippen molar-refractivity contribution in [1.82, 2.24) is 5.32 Å². The molecule has 3 N–H and O–H groups in total. The predicted molar refractivity (Wildman–Crippen MR) is 64.4 cm³/mol. The van der Waals surface area contributed by atoms with Crippen LogP contribution in [-0.2, 0) is 9.53 Å². The monoisotopic (exact) mass is 254 g/mol. The van der Waals surface area contributed by atoms with E-state index in [1.54, 1.807) is 0 Å². The van der Waals surface area contributed by atoms with Gasteiger partial charge in [0.2, 0.25) is 5.91 Å². The summed E-state index contributed by atoms with van der Waals surface area (Å²) in [6.07, 6.45) is 0.686. The number of halogens is 1. The van der Waals surface area contributed by atoms with Crippen molar-refractivity contribution in [3.63, 3.8) is 0 Å². The number of nitrogens with two attached hydrogens (primary N) is 1. The van der Waals surface area contributed by atoms with Gasteiger partial charge in [-0.25, -0.2) is 9.18 Å². The van der Waals surface area contributed by atoms with E-state index in [0.717, 1.165) is 12.1 Å². The molecule has 1 aromatic rings. The highest BCUT2D eigenvalue weighted by atomic mass is 19.1. The molecule has 0 aliphatic rings. The summed E-state index contributed by atoms with van der Waals surface area (Å²) in [4.78, 5) is 22.4. The number of rotatable bonds is 5. The predicted octanol–water partition coefficient (Wildman–Crippen LogP) is 1.09. The molecule has 0 bridgehead atoms. The molecular formula is C12H15FN2O3. The normalized spacial score (nSPS) is 9.89. The van der Waals surface area contributed by atoms with E-state index in [2.05, 4.69) is 5.32 Å². The molecule has 0 aliphatic heterocycles. The number of carbonyl (C=O) groups is 2. The Hall–Kier alpha value is -2.11. The number of carbonyl (C=O) groups excluding carboxylic acids is 2. The third-order valence-electron chi connectivity index (χ3n) is 2.22. The molecule has 0 spiro atoms. The first-order valence-electron chi connectivity index (χ1n) is 5.46. The average molecular weight is 254 g/mol. The Morgan fingerprint density at radius 1 is 1.39 bits per heavy atom. The number of hydrogen-bond acceptors (Lipinski definition) is 4. The topological polar surface area (TPSA) is 81.4 Å². The van der Waals surface area contributed by atoms with Crippen LogP contribution in [0.4, 0.5) is 10.1 Å². The zero-order chi connectivity index (χ0) is 13.5. The van der Waals surface area contributed by atoms with Gasteiger partial charge in [-0.05, 0) is 24.6 Å². The van der Waals surface area contributed by atoms with Gasteiger partial charge in [0.05, 0.1) is 12.2 Å². The molecule has 0 aromatic heterocycles. The highest BCUT2D eigenvalue weighted by Crippen LogP contribution is 2.12. The molecule has 0 unspecified atom stereocenters. The van der Waals surface area contributed by atoms with E-state index < -0.39 is 11.8 Å². The number of amides is 1. The summed E-state index contributed by atoms with van der Waals surface area (Å²) in [5.41, 5.74) is 5.63. The molecule has 6 heteroatoms. The molecule has 1 aromatic carbocycles. The van der Waals surface area contributed by atoms with Gasteiger partial charge in [-0.15, -0.1) is 0 Å². The lowest BCUT2D eigenvalue weighted by molar-refractivity contribution is -0.120. The molecule has 1 amide bonds. The lowest BCUT2D eigenvalue weighted by Gasteiger charge is -2.05.